The lowest BCUT2D eigenvalue weighted by atomic mass is 10.1. The van der Waals surface area contributed by atoms with E-state index in [0.29, 0.717) is 29.4 Å². The molecule has 1 aliphatic rings. The Morgan fingerprint density at radius 3 is 2.67 bits per heavy atom. The van der Waals surface area contributed by atoms with Crippen LogP contribution in [-0.4, -0.2) is 25.0 Å². The Kier molecular flexibility index (Phi) is 4.71. The number of nitrogens with zero attached hydrogens (tertiary/aromatic N) is 1. The van der Waals surface area contributed by atoms with Gasteiger partial charge < -0.3 is 15.0 Å². The summed E-state index contributed by atoms with van der Waals surface area (Å²) in [5, 5.41) is 3.16. The van der Waals surface area contributed by atoms with Gasteiger partial charge in [-0.3, -0.25) is 9.59 Å². The van der Waals surface area contributed by atoms with E-state index in [1.165, 1.54) is 6.92 Å². The van der Waals surface area contributed by atoms with E-state index in [2.05, 4.69) is 5.32 Å². The molecule has 2 aromatic rings. The van der Waals surface area contributed by atoms with Crippen LogP contribution in [0.2, 0.25) is 5.02 Å². The molecule has 0 unspecified atom stereocenters. The Hall–Kier alpha value is -2.53. The van der Waals surface area contributed by atoms with E-state index in [4.69, 9.17) is 16.3 Å². The second-order valence-corrected chi connectivity index (χ2v) is 5.87. The molecule has 24 heavy (non-hydrogen) atoms. The van der Waals surface area contributed by atoms with Gasteiger partial charge in [0.15, 0.2) is 0 Å². The van der Waals surface area contributed by atoms with Gasteiger partial charge in [0.2, 0.25) is 5.91 Å². The predicted molar refractivity (Wildman–Crippen MR) is 92.3 cm³/mol. The van der Waals surface area contributed by atoms with Crippen molar-refractivity contribution in [2.45, 2.75) is 13.0 Å². The van der Waals surface area contributed by atoms with E-state index in [1.54, 1.807) is 23.1 Å². The standard InChI is InChI=1S/C18H17ClN2O3/c1-12(22)20-16-14-8-5-9-15(19)17(14)21(18(16)23)10-11-24-13-6-3-2-4-7-13/h2-9,16H,10-11H2,1H3,(H,20,22)/t16-/m1/s1. The maximum Gasteiger partial charge on any atom is 0.254 e. The van der Waals surface area contributed by atoms with Crippen molar-refractivity contribution in [3.05, 3.63) is 59.1 Å². The smallest absolute Gasteiger partial charge is 0.254 e. The monoisotopic (exact) mass is 344 g/mol. The van der Waals surface area contributed by atoms with Gasteiger partial charge >= 0.3 is 0 Å². The third-order valence-electron chi connectivity index (χ3n) is 3.79. The molecule has 0 saturated heterocycles. The second-order valence-electron chi connectivity index (χ2n) is 5.46. The quantitative estimate of drug-likeness (QED) is 0.907. The summed E-state index contributed by atoms with van der Waals surface area (Å²) in [7, 11) is 0. The number of halogens is 1. The molecule has 1 aliphatic heterocycles. The first-order chi connectivity index (χ1) is 11.6. The van der Waals surface area contributed by atoms with Crippen molar-refractivity contribution in [1.82, 2.24) is 5.32 Å². The van der Waals surface area contributed by atoms with E-state index in [0.717, 1.165) is 5.75 Å². The second kappa shape index (κ2) is 6.93. The minimum atomic E-state index is -0.701. The van der Waals surface area contributed by atoms with E-state index in [9.17, 15) is 9.59 Å². The van der Waals surface area contributed by atoms with Crippen LogP contribution in [0.3, 0.4) is 0 Å². The fourth-order valence-electron chi connectivity index (χ4n) is 2.79. The zero-order valence-electron chi connectivity index (χ0n) is 13.2. The summed E-state index contributed by atoms with van der Waals surface area (Å²) >= 11 is 6.28. The van der Waals surface area contributed by atoms with E-state index in [1.807, 2.05) is 30.3 Å². The van der Waals surface area contributed by atoms with Crippen LogP contribution in [0.4, 0.5) is 5.69 Å². The number of fused-ring (bicyclic) bond motifs is 1. The Balaban J connectivity index is 1.78. The molecule has 1 atom stereocenters. The van der Waals surface area contributed by atoms with E-state index >= 15 is 0 Å². The van der Waals surface area contributed by atoms with Crippen molar-refractivity contribution in [2.24, 2.45) is 0 Å². The van der Waals surface area contributed by atoms with Gasteiger partial charge in [0.25, 0.3) is 5.91 Å². The molecular formula is C18H17ClN2O3. The van der Waals surface area contributed by atoms with Gasteiger partial charge in [-0.25, -0.2) is 0 Å². The van der Waals surface area contributed by atoms with Crippen LogP contribution in [-0.2, 0) is 9.59 Å². The van der Waals surface area contributed by atoms with Crippen LogP contribution in [0.15, 0.2) is 48.5 Å². The molecule has 0 spiro atoms. The number of nitrogens with one attached hydrogen (secondary N) is 1. The molecule has 2 aromatic carbocycles. The zero-order chi connectivity index (χ0) is 17.1. The Morgan fingerprint density at radius 2 is 1.96 bits per heavy atom. The minimum Gasteiger partial charge on any atom is -0.492 e. The molecule has 6 heteroatoms. The first-order valence-corrected chi connectivity index (χ1v) is 8.00. The molecule has 0 saturated carbocycles. The summed E-state index contributed by atoms with van der Waals surface area (Å²) in [4.78, 5) is 25.7. The van der Waals surface area contributed by atoms with Crippen molar-refractivity contribution in [2.75, 3.05) is 18.1 Å². The summed E-state index contributed by atoms with van der Waals surface area (Å²) in [6, 6.07) is 14.0. The van der Waals surface area contributed by atoms with Gasteiger partial charge in [-0.15, -0.1) is 0 Å². The molecule has 0 aliphatic carbocycles. The molecule has 0 fully saturated rings. The zero-order valence-corrected chi connectivity index (χ0v) is 13.9. The summed E-state index contributed by atoms with van der Waals surface area (Å²) in [5.74, 6) is 0.272. The molecule has 0 radical (unpaired) electrons. The van der Waals surface area contributed by atoms with Gasteiger partial charge in [0.1, 0.15) is 18.4 Å². The van der Waals surface area contributed by atoms with Crippen molar-refractivity contribution in [3.63, 3.8) is 0 Å². The van der Waals surface area contributed by atoms with Crippen LogP contribution in [0.25, 0.3) is 0 Å². The molecule has 0 aromatic heterocycles. The summed E-state index contributed by atoms with van der Waals surface area (Å²) in [5.41, 5.74) is 1.35. The average molecular weight is 345 g/mol. The normalized spacial score (nSPS) is 16.0. The molecule has 124 valence electrons. The van der Waals surface area contributed by atoms with Gasteiger partial charge in [0.05, 0.1) is 17.3 Å². The summed E-state index contributed by atoms with van der Waals surface area (Å²) < 4.78 is 5.66. The van der Waals surface area contributed by atoms with E-state index < -0.39 is 6.04 Å². The van der Waals surface area contributed by atoms with Gasteiger partial charge in [-0.2, -0.15) is 0 Å². The number of anilines is 1. The Labute approximate surface area is 145 Å². The fraction of sp³-hybridized carbons (Fsp3) is 0.222. The SMILES string of the molecule is CC(=O)N[C@H]1C(=O)N(CCOc2ccccc2)c2c(Cl)cccc21. The number of ether oxygens (including phenoxy) is 1. The molecular weight excluding hydrogens is 328 g/mol. The summed E-state index contributed by atoms with van der Waals surface area (Å²) in [6.07, 6.45) is 0. The Bertz CT molecular complexity index is 764. The lowest BCUT2D eigenvalue weighted by Crippen LogP contribution is -2.38. The van der Waals surface area contributed by atoms with Crippen molar-refractivity contribution in [1.29, 1.82) is 0 Å². The molecule has 2 amide bonds. The largest absolute Gasteiger partial charge is 0.492 e. The highest BCUT2D eigenvalue weighted by Crippen LogP contribution is 2.40. The van der Waals surface area contributed by atoms with Gasteiger partial charge in [-0.1, -0.05) is 41.9 Å². The lowest BCUT2D eigenvalue weighted by molar-refractivity contribution is -0.126. The topological polar surface area (TPSA) is 58.6 Å². The van der Waals surface area contributed by atoms with Crippen LogP contribution in [0.5, 0.6) is 5.75 Å². The number of hydrogen-bond donors (Lipinski definition) is 1. The highest BCUT2D eigenvalue weighted by Gasteiger charge is 2.38. The first kappa shape index (κ1) is 16.3. The average Bonchev–Trinajstić information content (AvgIpc) is 2.82. The third-order valence-corrected chi connectivity index (χ3v) is 4.09. The Morgan fingerprint density at radius 1 is 1.21 bits per heavy atom. The van der Waals surface area contributed by atoms with Crippen molar-refractivity contribution < 1.29 is 14.3 Å². The number of para-hydroxylation sites is 2. The van der Waals surface area contributed by atoms with Crippen LogP contribution in [0, 0.1) is 0 Å². The number of benzene rings is 2. The lowest BCUT2D eigenvalue weighted by Gasteiger charge is -2.19. The number of carbonyl (C=O) groups excluding carboxylic acids is 2. The molecule has 0 bridgehead atoms. The molecule has 3 rings (SSSR count). The fourth-order valence-corrected chi connectivity index (χ4v) is 3.07. The molecule has 1 heterocycles. The highest BCUT2D eigenvalue weighted by atomic mass is 35.5. The first-order valence-electron chi connectivity index (χ1n) is 7.62. The maximum absolute atomic E-state index is 12.7. The predicted octanol–water partition coefficient (Wildman–Crippen LogP) is 2.94. The van der Waals surface area contributed by atoms with Crippen LogP contribution in [0.1, 0.15) is 18.5 Å². The molecule has 1 N–H and O–H groups in total. The maximum atomic E-state index is 12.7. The van der Waals surface area contributed by atoms with Crippen LogP contribution < -0.4 is 15.0 Å². The number of amides is 2. The minimum absolute atomic E-state index is 0.204. The van der Waals surface area contributed by atoms with Crippen molar-refractivity contribution >= 4 is 29.1 Å². The highest BCUT2D eigenvalue weighted by molar-refractivity contribution is 6.34. The van der Waals surface area contributed by atoms with Gasteiger partial charge in [0, 0.05) is 12.5 Å². The van der Waals surface area contributed by atoms with E-state index in [-0.39, 0.29) is 11.8 Å². The molecule has 5 nitrogen and oxygen atoms in total. The third kappa shape index (κ3) is 3.21. The number of hydrogen-bond acceptors (Lipinski definition) is 3. The van der Waals surface area contributed by atoms with Gasteiger partial charge in [-0.05, 0) is 18.2 Å². The number of rotatable bonds is 5. The van der Waals surface area contributed by atoms with Crippen molar-refractivity contribution in [3.8, 4) is 5.75 Å². The van der Waals surface area contributed by atoms with Crippen LogP contribution >= 0.6 is 11.6 Å². The summed E-state index contributed by atoms with van der Waals surface area (Å²) in [6.45, 7) is 2.06. The number of carbonyl (C=O) groups is 2.